The number of carbonyl (C=O) groups excluding carboxylic acids is 2. The number of ether oxygens (including phenoxy) is 10. The lowest BCUT2D eigenvalue weighted by Crippen LogP contribution is -2.60. The van der Waals surface area contributed by atoms with E-state index in [0.717, 1.165) is 154 Å². The highest BCUT2D eigenvalue weighted by atomic mass is 16.7. The Morgan fingerprint density at radius 2 is 0.612 bits per heavy atom. The van der Waals surface area contributed by atoms with E-state index in [0.29, 0.717) is 57.8 Å². The Bertz CT molecular complexity index is 2060. The molecule has 0 radical (unpaired) electrons. The summed E-state index contributed by atoms with van der Waals surface area (Å²) in [5.74, 6) is -1.56. The van der Waals surface area contributed by atoms with E-state index in [-0.39, 0.29) is 43.7 Å². The number of fused-ring (bicyclic) bond motifs is 4. The van der Waals surface area contributed by atoms with Crippen molar-refractivity contribution in [3.8, 4) is 0 Å². The summed E-state index contributed by atoms with van der Waals surface area (Å²) in [6, 6.07) is 0. The number of hydrogen-bond donors (Lipinski definition) is 16. The molecular formula is C70H128O28. The third kappa shape index (κ3) is 31.0. The molecule has 4 bridgehead atoms. The van der Waals surface area contributed by atoms with Gasteiger partial charge in [-0.25, -0.2) is 0 Å². The highest BCUT2D eigenvalue weighted by Gasteiger charge is 2.49. The Kier molecular flexibility index (Phi) is 42.6. The normalized spacial score (nSPS) is 35.2. The van der Waals surface area contributed by atoms with Gasteiger partial charge in [0, 0.05) is 0 Å². The maximum absolute atomic E-state index is 13.5. The van der Waals surface area contributed by atoms with Gasteiger partial charge in [0.2, 0.25) is 0 Å². The molecule has 5 fully saturated rings. The van der Waals surface area contributed by atoms with Crippen molar-refractivity contribution in [2.75, 3.05) is 26.4 Å². The monoisotopic (exact) mass is 1420 g/mol. The smallest absolute Gasteiger partial charge is 0.308 e. The van der Waals surface area contributed by atoms with Gasteiger partial charge in [0.05, 0.1) is 62.7 Å². The molecule has 0 aromatic heterocycles. The summed E-state index contributed by atoms with van der Waals surface area (Å²) in [6.07, 6.45) is -5.60. The molecule has 0 aromatic rings. The van der Waals surface area contributed by atoms with Crippen LogP contribution < -0.4 is 0 Å². The molecule has 28 heteroatoms. The SMILES string of the molecule is C[C@H](O)CCCCC[C@@H](CCCCCCCCCCC[C@@H]1CC(=O)OC[C@@H]2O[C@H](O[C@@H](CCCCCCCCCCCCC[C@@H](CCCCC[C@H](C)O)O[C@@H]3O[C@H](CO)[C@@H](O)[C@H](O)[C@H]3O)CC(=O)OC[C@H]3O[C@@H](O1)[C@H](O)[C@@H](O)[C@@H]3O)[C@@H](O)[C@H](O)[C@H]2O)O[C@@H]1O[C@H](CO)[C@@H](O)[C@H](O)[C@H]1O. The molecule has 5 aliphatic heterocycles. The average molecular weight is 1420 g/mol. The van der Waals surface area contributed by atoms with Crippen LogP contribution in [-0.2, 0) is 57.0 Å². The first kappa shape index (κ1) is 86.6. The molecule has 5 aliphatic rings. The standard InChI is InChI=1S/C70H128O28/c1-43(73)29-21-19-27-33-45(91-67-63(85)59(81)55(77)49(39-71)95-67)31-23-15-11-7-4-3-5-8-13-17-25-35-47-37-53(75)89-41-52-58(80)62(84)66(88)70(98-52)94-48(38-54(76)90-42-51-57(79)61(83)65(87)69(93-47)97-51)36-26-18-14-10-6-9-12-16-24-32-46(34-28-20-22-30-44(2)74)92-68-64(86)60(82)56(78)50(40-72)96-68/h43-52,55-74,77-88H,3-42H2,1-2H3/t43-,44-,45-,46+,47-,48+,49+,50+,51-,52+,55+,56+,57-,58+,59-,60-,61+,62-,63+,64+,65-,66+,67+,68+,69-,70+/m0/s1. The van der Waals surface area contributed by atoms with Crippen LogP contribution in [0.15, 0.2) is 0 Å². The molecule has 576 valence electrons. The first-order valence-corrected chi connectivity index (χ1v) is 37.3. The molecule has 98 heavy (non-hydrogen) atoms. The first-order valence-electron chi connectivity index (χ1n) is 37.3. The van der Waals surface area contributed by atoms with Crippen molar-refractivity contribution >= 4 is 11.9 Å². The van der Waals surface area contributed by atoms with E-state index in [4.69, 9.17) is 47.4 Å². The number of esters is 2. The van der Waals surface area contributed by atoms with Gasteiger partial charge in [-0.3, -0.25) is 9.59 Å². The van der Waals surface area contributed by atoms with Crippen molar-refractivity contribution in [2.45, 2.75) is 404 Å². The summed E-state index contributed by atoms with van der Waals surface area (Å²) in [5.41, 5.74) is 0. The fourth-order valence-corrected chi connectivity index (χ4v) is 13.6. The maximum Gasteiger partial charge on any atom is 0.308 e. The second-order valence-electron chi connectivity index (χ2n) is 28.4. The number of cyclic esters (lactones) is 2. The second-order valence-corrected chi connectivity index (χ2v) is 28.4. The van der Waals surface area contributed by atoms with Gasteiger partial charge in [-0.05, 0) is 65.2 Å². The third-order valence-corrected chi connectivity index (χ3v) is 19.8. The molecule has 26 atom stereocenters. The van der Waals surface area contributed by atoms with Crippen molar-refractivity contribution in [3.63, 3.8) is 0 Å². The molecule has 5 saturated heterocycles. The zero-order valence-electron chi connectivity index (χ0n) is 58.3. The van der Waals surface area contributed by atoms with Gasteiger partial charge in [0.1, 0.15) is 111 Å². The van der Waals surface area contributed by atoms with E-state index >= 15 is 0 Å². The number of hydrogen-bond acceptors (Lipinski definition) is 28. The summed E-state index contributed by atoms with van der Waals surface area (Å²) in [6.45, 7) is 1.32. The summed E-state index contributed by atoms with van der Waals surface area (Å²) >= 11 is 0. The zero-order chi connectivity index (χ0) is 71.5. The van der Waals surface area contributed by atoms with Gasteiger partial charge < -0.3 is 129 Å². The number of unbranched alkanes of at least 4 members (excludes halogenated alkanes) is 22. The fourth-order valence-electron chi connectivity index (χ4n) is 13.6. The lowest BCUT2D eigenvalue weighted by Gasteiger charge is -2.42. The average Bonchev–Trinajstić information content (AvgIpc) is 0.840. The van der Waals surface area contributed by atoms with Crippen LogP contribution in [0.5, 0.6) is 0 Å². The first-order chi connectivity index (χ1) is 47.0. The van der Waals surface area contributed by atoms with Crippen LogP contribution in [0.25, 0.3) is 0 Å². The van der Waals surface area contributed by atoms with Crippen LogP contribution >= 0.6 is 0 Å². The molecule has 0 aliphatic carbocycles. The minimum Gasteiger partial charge on any atom is -0.463 e. The number of carbonyl (C=O) groups is 2. The summed E-state index contributed by atoms with van der Waals surface area (Å²) in [5, 5.41) is 167. The van der Waals surface area contributed by atoms with Crippen LogP contribution in [0.3, 0.4) is 0 Å². The molecular weight excluding hydrogens is 1290 g/mol. The largest absolute Gasteiger partial charge is 0.463 e. The molecule has 0 spiro atoms. The molecule has 5 heterocycles. The zero-order valence-corrected chi connectivity index (χ0v) is 58.3. The Labute approximate surface area is 579 Å². The molecule has 5 rings (SSSR count). The highest BCUT2D eigenvalue weighted by Crippen LogP contribution is 2.32. The van der Waals surface area contributed by atoms with E-state index in [1.807, 2.05) is 0 Å². The van der Waals surface area contributed by atoms with E-state index in [9.17, 15) is 91.3 Å². The maximum atomic E-state index is 13.5. The topological polar surface area (TPSA) is 450 Å². The summed E-state index contributed by atoms with van der Waals surface area (Å²) < 4.78 is 58.9. The molecule has 0 amide bonds. The summed E-state index contributed by atoms with van der Waals surface area (Å²) in [7, 11) is 0. The predicted octanol–water partition coefficient (Wildman–Crippen LogP) is 2.65. The second kappa shape index (κ2) is 48.2. The van der Waals surface area contributed by atoms with Gasteiger partial charge in [-0.1, -0.05) is 167 Å². The van der Waals surface area contributed by atoms with Crippen molar-refractivity contribution in [2.24, 2.45) is 0 Å². The van der Waals surface area contributed by atoms with Gasteiger partial charge >= 0.3 is 11.9 Å². The van der Waals surface area contributed by atoms with Crippen LogP contribution in [0.2, 0.25) is 0 Å². The number of rotatable bonds is 44. The van der Waals surface area contributed by atoms with Crippen LogP contribution in [0.1, 0.15) is 245 Å². The van der Waals surface area contributed by atoms with E-state index < -0.39 is 173 Å². The van der Waals surface area contributed by atoms with E-state index in [1.165, 1.54) is 0 Å². The Balaban J connectivity index is 1.03. The Morgan fingerprint density at radius 1 is 0.337 bits per heavy atom. The van der Waals surface area contributed by atoms with Gasteiger partial charge in [-0.15, -0.1) is 0 Å². The third-order valence-electron chi connectivity index (χ3n) is 19.8. The van der Waals surface area contributed by atoms with Crippen molar-refractivity contribution in [1.82, 2.24) is 0 Å². The quantitative estimate of drug-likeness (QED) is 0.0308. The van der Waals surface area contributed by atoms with Crippen molar-refractivity contribution in [1.29, 1.82) is 0 Å². The molecule has 0 saturated carbocycles. The van der Waals surface area contributed by atoms with Gasteiger partial charge in [0.15, 0.2) is 25.2 Å². The minimum atomic E-state index is -1.77. The molecule has 0 unspecified atom stereocenters. The minimum absolute atomic E-state index is 0.265. The molecule has 28 nitrogen and oxygen atoms in total. The number of aliphatic hydroxyl groups excluding tert-OH is 16. The van der Waals surface area contributed by atoms with Gasteiger partial charge in [-0.2, -0.15) is 0 Å². The highest BCUT2D eigenvalue weighted by molar-refractivity contribution is 5.70. The van der Waals surface area contributed by atoms with Crippen molar-refractivity contribution in [3.05, 3.63) is 0 Å². The van der Waals surface area contributed by atoms with Crippen molar-refractivity contribution < 1.29 is 139 Å². The fraction of sp³-hybridized carbons (Fsp3) is 0.971. The van der Waals surface area contributed by atoms with E-state index in [1.54, 1.807) is 13.8 Å². The predicted molar refractivity (Wildman–Crippen MR) is 352 cm³/mol. The Morgan fingerprint density at radius 3 is 0.918 bits per heavy atom. The number of aliphatic hydroxyl groups is 16. The summed E-state index contributed by atoms with van der Waals surface area (Å²) in [4.78, 5) is 27.1. The lowest BCUT2D eigenvalue weighted by atomic mass is 9.98. The van der Waals surface area contributed by atoms with Gasteiger partial charge in [0.25, 0.3) is 0 Å². The van der Waals surface area contributed by atoms with Crippen LogP contribution in [-0.4, -0.2) is 280 Å². The Hall–Kier alpha value is -2.02. The lowest BCUT2D eigenvalue weighted by molar-refractivity contribution is -0.316. The van der Waals surface area contributed by atoms with E-state index in [2.05, 4.69) is 0 Å². The van der Waals surface area contributed by atoms with Crippen LogP contribution in [0, 0.1) is 0 Å². The molecule has 0 aromatic carbocycles. The van der Waals surface area contributed by atoms with Crippen LogP contribution in [0.4, 0.5) is 0 Å². The molecule has 16 N–H and O–H groups in total.